The standard InChI is InChI=1S/C52H62O20/c1-61-36-14-26(8-11-33(36)56)46(58)43(21-53)70-35-13-10-28(16-38(35)63-3)48(60)45(23-55)72-52-41(66-6)19-30(20-42(52)67-7)50-32-25-68-49(31(32)24-69-50)29-17-39(64-4)51(40(18-29)65-5)71-44(22-54)47(59)27-9-12-34(57)37(15-27)62-2/h8-20,31-32,43-50,53-60H,21-25H2,1-7H3/t31-,32-,43+,44-,45-,46-,47+,48+,49+,50+/m0/s1. The molecule has 5 aromatic rings. The number of phenols is 2. The van der Waals surface area contributed by atoms with E-state index < -0.39 is 68.7 Å². The van der Waals surface area contributed by atoms with Crippen molar-refractivity contribution in [2.45, 2.75) is 48.8 Å². The molecule has 0 amide bonds. The number of methoxy groups -OCH3 is 7. The highest BCUT2D eigenvalue weighted by Gasteiger charge is 2.49. The lowest BCUT2D eigenvalue weighted by molar-refractivity contribution is -0.00349. The Balaban J connectivity index is 1.06. The Hall–Kier alpha value is -6.62. The van der Waals surface area contributed by atoms with Gasteiger partial charge in [-0.2, -0.15) is 0 Å². The van der Waals surface area contributed by atoms with Crippen molar-refractivity contribution in [3.05, 3.63) is 107 Å². The van der Waals surface area contributed by atoms with E-state index in [1.165, 1.54) is 104 Å². The van der Waals surface area contributed by atoms with E-state index in [2.05, 4.69) is 0 Å². The minimum atomic E-state index is -1.43. The Morgan fingerprint density at radius 3 is 1.07 bits per heavy atom. The molecule has 10 atom stereocenters. The maximum atomic E-state index is 11.6. The Morgan fingerprint density at radius 1 is 0.417 bits per heavy atom. The molecule has 7 rings (SSSR count). The fourth-order valence-corrected chi connectivity index (χ4v) is 9.03. The van der Waals surface area contributed by atoms with Crippen LogP contribution < -0.4 is 47.4 Å². The Morgan fingerprint density at radius 2 is 0.736 bits per heavy atom. The number of ether oxygens (including phenoxy) is 12. The van der Waals surface area contributed by atoms with Crippen LogP contribution in [-0.4, -0.2) is 142 Å². The molecule has 0 saturated carbocycles. The van der Waals surface area contributed by atoms with Gasteiger partial charge in [-0.25, -0.2) is 0 Å². The van der Waals surface area contributed by atoms with Gasteiger partial charge < -0.3 is 97.7 Å². The van der Waals surface area contributed by atoms with E-state index in [1.807, 2.05) is 0 Å². The number of aliphatic hydroxyl groups is 6. The molecule has 0 spiro atoms. The summed E-state index contributed by atoms with van der Waals surface area (Å²) in [7, 11) is 9.94. The number of fused-ring (bicyclic) bond motifs is 1. The van der Waals surface area contributed by atoms with Gasteiger partial charge in [-0.1, -0.05) is 18.2 Å². The molecule has 20 nitrogen and oxygen atoms in total. The molecule has 0 radical (unpaired) electrons. The van der Waals surface area contributed by atoms with Crippen LogP contribution in [0.4, 0.5) is 0 Å². The van der Waals surface area contributed by atoms with Gasteiger partial charge in [0.25, 0.3) is 0 Å². The highest BCUT2D eigenvalue weighted by atomic mass is 16.6. The third kappa shape index (κ3) is 10.9. The zero-order valence-corrected chi connectivity index (χ0v) is 40.8. The van der Waals surface area contributed by atoms with E-state index in [1.54, 1.807) is 24.3 Å². The van der Waals surface area contributed by atoms with E-state index in [4.69, 9.17) is 56.8 Å². The topological polar surface area (TPSA) is 273 Å². The second kappa shape index (κ2) is 23.7. The van der Waals surface area contributed by atoms with Crippen molar-refractivity contribution < 1.29 is 97.7 Å². The summed E-state index contributed by atoms with van der Waals surface area (Å²) in [5.74, 6) is 1.28. The van der Waals surface area contributed by atoms with Crippen molar-refractivity contribution in [1.82, 2.24) is 0 Å². The first-order valence-electron chi connectivity index (χ1n) is 22.8. The summed E-state index contributed by atoms with van der Waals surface area (Å²) in [5, 5.41) is 85.0. The Labute approximate surface area is 415 Å². The molecule has 20 heteroatoms. The third-order valence-corrected chi connectivity index (χ3v) is 12.9. The maximum absolute atomic E-state index is 11.6. The molecular formula is C52H62O20. The number of phenolic OH excluding ortho intramolecular Hbond substituents is 2. The number of aliphatic hydroxyl groups excluding tert-OH is 6. The Bertz CT molecular complexity index is 2560. The summed E-state index contributed by atoms with van der Waals surface area (Å²) in [6, 6.07) is 20.0. The van der Waals surface area contributed by atoms with Gasteiger partial charge in [0.1, 0.15) is 18.3 Å². The van der Waals surface area contributed by atoms with Crippen molar-refractivity contribution in [2.24, 2.45) is 11.8 Å². The molecule has 2 aliphatic rings. The van der Waals surface area contributed by atoms with E-state index in [0.717, 1.165) is 0 Å². The largest absolute Gasteiger partial charge is 0.504 e. The molecule has 5 aromatic carbocycles. The average Bonchev–Trinajstić information content (AvgIpc) is 4.03. The Kier molecular flexibility index (Phi) is 17.5. The summed E-state index contributed by atoms with van der Waals surface area (Å²) in [6.45, 7) is -1.17. The molecule has 8 N–H and O–H groups in total. The summed E-state index contributed by atoms with van der Waals surface area (Å²) < 4.78 is 70.3. The SMILES string of the molecule is COc1cc([C@@H](O)[C@H](CO)Oc2c(OC)cc([C@H]3OC[C@H]4[C@@H]3CO[C@@H]4c3cc(OC)c(O[C@@H](CO)[C@H](O)c4ccc(O[C@H](CO)[C@@H](O)c5ccc(O)c(OC)c5)c(OC)c4)c(OC)c3)cc2OC)ccc1O. The van der Waals surface area contributed by atoms with E-state index in [9.17, 15) is 40.9 Å². The van der Waals surface area contributed by atoms with Gasteiger partial charge in [0.2, 0.25) is 11.5 Å². The second-order valence-electron chi connectivity index (χ2n) is 17.0. The third-order valence-electron chi connectivity index (χ3n) is 12.9. The smallest absolute Gasteiger partial charge is 0.204 e. The first-order chi connectivity index (χ1) is 34.8. The summed E-state index contributed by atoms with van der Waals surface area (Å²) in [5.41, 5.74) is 2.33. The monoisotopic (exact) mass is 1010 g/mol. The van der Waals surface area contributed by atoms with E-state index in [0.29, 0.717) is 35.5 Å². The maximum Gasteiger partial charge on any atom is 0.204 e. The highest BCUT2D eigenvalue weighted by molar-refractivity contribution is 5.57. The first-order valence-corrected chi connectivity index (χ1v) is 22.8. The molecule has 72 heavy (non-hydrogen) atoms. The van der Waals surface area contributed by atoms with Gasteiger partial charge in [0.15, 0.2) is 75.8 Å². The van der Waals surface area contributed by atoms with Crippen molar-refractivity contribution >= 4 is 0 Å². The lowest BCUT2D eigenvalue weighted by Crippen LogP contribution is -2.30. The zero-order chi connectivity index (χ0) is 51.8. The van der Waals surface area contributed by atoms with Gasteiger partial charge in [0.05, 0.1) is 95.0 Å². The second-order valence-corrected chi connectivity index (χ2v) is 17.0. The minimum absolute atomic E-state index is 0.106. The van der Waals surface area contributed by atoms with Crippen molar-refractivity contribution in [1.29, 1.82) is 0 Å². The van der Waals surface area contributed by atoms with Crippen LogP contribution in [0.25, 0.3) is 0 Å². The number of hydrogen-bond acceptors (Lipinski definition) is 20. The normalized spacial score (nSPS) is 19.7. The number of aromatic hydroxyl groups is 2. The van der Waals surface area contributed by atoms with Crippen LogP contribution in [0.2, 0.25) is 0 Å². The van der Waals surface area contributed by atoms with Crippen LogP contribution in [0.3, 0.4) is 0 Å². The van der Waals surface area contributed by atoms with Gasteiger partial charge in [-0.3, -0.25) is 0 Å². The lowest BCUT2D eigenvalue weighted by atomic mass is 9.84. The zero-order valence-electron chi connectivity index (χ0n) is 40.8. The average molecular weight is 1010 g/mol. The van der Waals surface area contributed by atoms with Crippen molar-refractivity contribution in [2.75, 3.05) is 82.8 Å². The summed E-state index contributed by atoms with van der Waals surface area (Å²) >= 11 is 0. The van der Waals surface area contributed by atoms with Crippen LogP contribution in [0, 0.1) is 11.8 Å². The molecular weight excluding hydrogens is 945 g/mol. The highest BCUT2D eigenvalue weighted by Crippen LogP contribution is 2.54. The molecule has 2 fully saturated rings. The molecule has 0 aliphatic carbocycles. The van der Waals surface area contributed by atoms with Gasteiger partial charge in [0, 0.05) is 11.8 Å². The van der Waals surface area contributed by atoms with E-state index >= 15 is 0 Å². The number of benzene rings is 5. The number of hydrogen-bond donors (Lipinski definition) is 8. The molecule has 0 unspecified atom stereocenters. The number of rotatable bonds is 24. The molecule has 390 valence electrons. The molecule has 0 bridgehead atoms. The van der Waals surface area contributed by atoms with Crippen LogP contribution in [-0.2, 0) is 9.47 Å². The molecule has 2 aliphatic heterocycles. The molecule has 0 aromatic heterocycles. The predicted molar refractivity (Wildman–Crippen MR) is 255 cm³/mol. The van der Waals surface area contributed by atoms with Crippen LogP contribution in [0.1, 0.15) is 58.3 Å². The fraction of sp³-hybridized carbons (Fsp3) is 0.423. The fourth-order valence-electron chi connectivity index (χ4n) is 9.03. The van der Waals surface area contributed by atoms with E-state index in [-0.39, 0.29) is 86.4 Å². The molecule has 2 saturated heterocycles. The van der Waals surface area contributed by atoms with Crippen LogP contribution in [0.15, 0.2) is 78.9 Å². The minimum Gasteiger partial charge on any atom is -0.504 e. The van der Waals surface area contributed by atoms with Crippen molar-refractivity contribution in [3.8, 4) is 69.0 Å². The summed E-state index contributed by atoms with van der Waals surface area (Å²) in [6.07, 6.45) is -8.63. The quantitative estimate of drug-likeness (QED) is 0.0418. The van der Waals surface area contributed by atoms with Crippen LogP contribution in [0.5, 0.6) is 69.0 Å². The van der Waals surface area contributed by atoms with Crippen LogP contribution >= 0.6 is 0 Å². The lowest BCUT2D eigenvalue weighted by Gasteiger charge is -2.27. The van der Waals surface area contributed by atoms with Crippen molar-refractivity contribution in [3.63, 3.8) is 0 Å². The van der Waals surface area contributed by atoms with Gasteiger partial charge >= 0.3 is 0 Å². The van der Waals surface area contributed by atoms with Gasteiger partial charge in [-0.15, -0.1) is 0 Å². The predicted octanol–water partition coefficient (Wildman–Crippen LogP) is 4.65. The summed E-state index contributed by atoms with van der Waals surface area (Å²) in [4.78, 5) is 0. The molecule has 2 heterocycles. The van der Waals surface area contributed by atoms with Gasteiger partial charge in [-0.05, 0) is 88.5 Å². The first kappa shape index (κ1) is 53.2.